The van der Waals surface area contributed by atoms with Crippen molar-refractivity contribution in [3.8, 4) is 5.75 Å². The van der Waals surface area contributed by atoms with Crippen LogP contribution in [0, 0.1) is 5.41 Å². The number of rotatable bonds is 7. The summed E-state index contributed by atoms with van der Waals surface area (Å²) in [7, 11) is 4.08. The van der Waals surface area contributed by atoms with Crippen molar-refractivity contribution in [3.63, 3.8) is 0 Å². The van der Waals surface area contributed by atoms with Gasteiger partial charge < -0.3 is 15.0 Å². The van der Waals surface area contributed by atoms with Crippen molar-refractivity contribution < 1.29 is 9.53 Å². The first-order valence-electron chi connectivity index (χ1n) is 7.54. The predicted molar refractivity (Wildman–Crippen MR) is 94.6 cm³/mol. The number of carbonyl (C=O) groups excluding carboxylic acids is 1. The highest BCUT2D eigenvalue weighted by atomic mass is 79.9. The van der Waals surface area contributed by atoms with Gasteiger partial charge in [0, 0.05) is 18.7 Å². The maximum atomic E-state index is 12.2. The Balaban J connectivity index is 2.62. The monoisotopic (exact) mass is 370 g/mol. The lowest BCUT2D eigenvalue weighted by molar-refractivity contribution is 0.0939. The molecule has 0 unspecified atom stereocenters. The van der Waals surface area contributed by atoms with Gasteiger partial charge >= 0.3 is 0 Å². The Hall–Kier alpha value is -1.07. The van der Waals surface area contributed by atoms with Crippen LogP contribution in [0.25, 0.3) is 0 Å². The fourth-order valence-electron chi connectivity index (χ4n) is 1.77. The molecule has 0 atom stereocenters. The van der Waals surface area contributed by atoms with Gasteiger partial charge in [-0.25, -0.2) is 0 Å². The maximum absolute atomic E-state index is 12.2. The molecule has 1 N–H and O–H groups in total. The molecule has 0 aliphatic rings. The van der Waals surface area contributed by atoms with E-state index in [2.05, 4.69) is 46.9 Å². The molecule has 1 aromatic rings. The number of hydrogen-bond donors (Lipinski definition) is 1. The summed E-state index contributed by atoms with van der Waals surface area (Å²) >= 11 is 3.46. The van der Waals surface area contributed by atoms with E-state index in [1.54, 1.807) is 12.1 Å². The third kappa shape index (κ3) is 7.27. The number of amides is 1. The van der Waals surface area contributed by atoms with Gasteiger partial charge in [-0.05, 0) is 60.1 Å². The molecular formula is C17H27BrN2O2. The van der Waals surface area contributed by atoms with Crippen molar-refractivity contribution in [1.82, 2.24) is 10.2 Å². The van der Waals surface area contributed by atoms with Gasteiger partial charge in [0.2, 0.25) is 0 Å². The van der Waals surface area contributed by atoms with Gasteiger partial charge in [-0.3, -0.25) is 4.79 Å². The van der Waals surface area contributed by atoms with Crippen LogP contribution in [0.5, 0.6) is 5.75 Å². The minimum atomic E-state index is -0.0689. The van der Waals surface area contributed by atoms with Gasteiger partial charge in [0.25, 0.3) is 5.91 Å². The second-order valence-corrected chi connectivity index (χ2v) is 7.75. The number of carbonyl (C=O) groups is 1. The quantitative estimate of drug-likeness (QED) is 0.746. The normalized spacial score (nSPS) is 11.6. The third-order valence-electron chi connectivity index (χ3n) is 2.98. The Bertz CT molecular complexity index is 496. The molecule has 0 aromatic heterocycles. The number of nitrogens with zero attached hydrogens (tertiary/aromatic N) is 1. The van der Waals surface area contributed by atoms with Crippen LogP contribution in [-0.2, 0) is 0 Å². The van der Waals surface area contributed by atoms with E-state index < -0.39 is 0 Å². The molecule has 0 aliphatic heterocycles. The van der Waals surface area contributed by atoms with E-state index in [4.69, 9.17) is 4.74 Å². The zero-order chi connectivity index (χ0) is 16.8. The Morgan fingerprint density at radius 1 is 1.32 bits per heavy atom. The predicted octanol–water partition coefficient (Wildman–Crippen LogP) is 3.56. The summed E-state index contributed by atoms with van der Waals surface area (Å²) < 4.78 is 6.64. The third-order valence-corrected chi connectivity index (χ3v) is 3.64. The van der Waals surface area contributed by atoms with Gasteiger partial charge in [-0.1, -0.05) is 20.8 Å². The summed E-state index contributed by atoms with van der Waals surface area (Å²) in [5, 5.41) is 2.95. The molecule has 124 valence electrons. The number of ether oxygens (including phenoxy) is 1. The van der Waals surface area contributed by atoms with Crippen molar-refractivity contribution in [2.45, 2.75) is 27.2 Å². The Morgan fingerprint density at radius 2 is 2.00 bits per heavy atom. The van der Waals surface area contributed by atoms with Crippen molar-refractivity contribution in [1.29, 1.82) is 0 Å². The molecule has 0 saturated carbocycles. The standard InChI is InChI=1S/C17H27BrN2O2/c1-17(2,3)12-19-16(21)13-7-8-14(18)15(11-13)22-10-6-9-20(4)5/h7-8,11H,6,9-10,12H2,1-5H3,(H,19,21). The van der Waals surface area contributed by atoms with E-state index in [1.165, 1.54) is 0 Å². The van der Waals surface area contributed by atoms with Crippen LogP contribution < -0.4 is 10.1 Å². The largest absolute Gasteiger partial charge is 0.492 e. The Morgan fingerprint density at radius 3 is 2.59 bits per heavy atom. The van der Waals surface area contributed by atoms with Gasteiger partial charge in [0.05, 0.1) is 11.1 Å². The highest BCUT2D eigenvalue weighted by molar-refractivity contribution is 9.10. The number of hydrogen-bond acceptors (Lipinski definition) is 3. The molecule has 0 heterocycles. The van der Waals surface area contributed by atoms with Gasteiger partial charge in [-0.2, -0.15) is 0 Å². The first-order chi connectivity index (χ1) is 10.2. The number of benzene rings is 1. The molecule has 22 heavy (non-hydrogen) atoms. The summed E-state index contributed by atoms with van der Waals surface area (Å²) in [6.45, 7) is 8.52. The second-order valence-electron chi connectivity index (χ2n) is 6.89. The lowest BCUT2D eigenvalue weighted by Crippen LogP contribution is -2.32. The molecule has 0 saturated heterocycles. The number of halogens is 1. The Kier molecular flexibility index (Phi) is 7.36. The summed E-state index contributed by atoms with van der Waals surface area (Å²) in [5.74, 6) is 0.641. The van der Waals surface area contributed by atoms with Crippen molar-refractivity contribution >= 4 is 21.8 Å². The molecule has 0 aliphatic carbocycles. The molecule has 1 amide bonds. The lowest BCUT2D eigenvalue weighted by atomic mass is 9.97. The maximum Gasteiger partial charge on any atom is 0.251 e. The van der Waals surface area contributed by atoms with Crippen molar-refractivity contribution in [2.75, 3.05) is 33.8 Å². The highest BCUT2D eigenvalue weighted by Gasteiger charge is 2.14. The van der Waals surface area contributed by atoms with E-state index in [0.29, 0.717) is 24.5 Å². The first-order valence-corrected chi connectivity index (χ1v) is 8.33. The van der Waals surface area contributed by atoms with E-state index in [-0.39, 0.29) is 11.3 Å². The smallest absolute Gasteiger partial charge is 0.251 e. The second kappa shape index (κ2) is 8.53. The summed E-state index contributed by atoms with van der Waals surface area (Å²) in [4.78, 5) is 14.3. The first kappa shape index (κ1) is 19.0. The average molecular weight is 371 g/mol. The van der Waals surface area contributed by atoms with Crippen LogP contribution in [0.3, 0.4) is 0 Å². The number of nitrogens with one attached hydrogen (secondary N) is 1. The van der Waals surface area contributed by atoms with Crippen molar-refractivity contribution in [3.05, 3.63) is 28.2 Å². The minimum absolute atomic E-state index is 0.0660. The van der Waals surface area contributed by atoms with Gasteiger partial charge in [0.1, 0.15) is 5.75 Å². The van der Waals surface area contributed by atoms with E-state index in [0.717, 1.165) is 17.4 Å². The van der Waals surface area contributed by atoms with E-state index in [1.807, 2.05) is 20.2 Å². The van der Waals surface area contributed by atoms with E-state index >= 15 is 0 Å². The lowest BCUT2D eigenvalue weighted by Gasteiger charge is -2.19. The molecule has 0 radical (unpaired) electrons. The van der Waals surface area contributed by atoms with Crippen LogP contribution in [-0.4, -0.2) is 44.6 Å². The zero-order valence-electron chi connectivity index (χ0n) is 14.2. The van der Waals surface area contributed by atoms with Crippen LogP contribution in [0.4, 0.5) is 0 Å². The summed E-state index contributed by atoms with van der Waals surface area (Å²) in [5.41, 5.74) is 0.686. The molecule has 0 spiro atoms. The average Bonchev–Trinajstić information content (AvgIpc) is 2.41. The zero-order valence-corrected chi connectivity index (χ0v) is 15.8. The van der Waals surface area contributed by atoms with Gasteiger partial charge in [0.15, 0.2) is 0 Å². The van der Waals surface area contributed by atoms with Crippen molar-refractivity contribution in [2.24, 2.45) is 5.41 Å². The Labute approximate surface area is 142 Å². The van der Waals surface area contributed by atoms with E-state index in [9.17, 15) is 4.79 Å². The molecule has 0 bridgehead atoms. The minimum Gasteiger partial charge on any atom is -0.492 e. The fraction of sp³-hybridized carbons (Fsp3) is 0.588. The molecule has 1 rings (SSSR count). The van der Waals surface area contributed by atoms with Crippen LogP contribution in [0.2, 0.25) is 0 Å². The van der Waals surface area contributed by atoms with Crippen LogP contribution >= 0.6 is 15.9 Å². The summed E-state index contributed by atoms with van der Waals surface area (Å²) in [6, 6.07) is 5.44. The van der Waals surface area contributed by atoms with Crippen LogP contribution in [0.15, 0.2) is 22.7 Å². The van der Waals surface area contributed by atoms with Gasteiger partial charge in [-0.15, -0.1) is 0 Å². The highest BCUT2D eigenvalue weighted by Crippen LogP contribution is 2.26. The fourth-order valence-corrected chi connectivity index (χ4v) is 2.13. The molecular weight excluding hydrogens is 344 g/mol. The molecule has 0 fully saturated rings. The molecule has 5 heteroatoms. The SMILES string of the molecule is CN(C)CCCOc1cc(C(=O)NCC(C)(C)C)ccc1Br. The molecule has 4 nitrogen and oxygen atoms in total. The topological polar surface area (TPSA) is 41.6 Å². The van der Waals surface area contributed by atoms with Crippen LogP contribution in [0.1, 0.15) is 37.6 Å². The molecule has 1 aromatic carbocycles. The summed E-state index contributed by atoms with van der Waals surface area (Å²) in [6.07, 6.45) is 0.944.